The molecule has 0 amide bonds. The highest BCUT2D eigenvalue weighted by atomic mass is 19.4. The molecule has 0 aliphatic heterocycles. The Bertz CT molecular complexity index is 558. The van der Waals surface area contributed by atoms with E-state index in [0.29, 0.717) is 11.5 Å². The molecule has 0 saturated carbocycles. The maximum atomic E-state index is 11.0. The molecule has 0 heterocycles. The minimum atomic E-state index is -5.08. The van der Waals surface area contributed by atoms with Gasteiger partial charge in [0.25, 0.3) is 0 Å². The summed E-state index contributed by atoms with van der Waals surface area (Å²) in [5.41, 5.74) is 6.20. The van der Waals surface area contributed by atoms with E-state index in [-0.39, 0.29) is 6.54 Å². The molecule has 3 N–H and O–H groups in total. The van der Waals surface area contributed by atoms with Crippen LogP contribution in [0.4, 0.5) is 13.2 Å². The SMILES string of the molecule is C=CCc1ccc(OC(=O)CN)c(OC)c1.O=C(O)C(F)(F)F. The Morgan fingerprint density at radius 2 is 1.91 bits per heavy atom. The lowest BCUT2D eigenvalue weighted by atomic mass is 10.1. The average molecular weight is 335 g/mol. The first-order chi connectivity index (χ1) is 10.6. The third-order valence-corrected chi connectivity index (χ3v) is 2.24. The van der Waals surface area contributed by atoms with Crippen molar-refractivity contribution in [2.75, 3.05) is 13.7 Å². The summed E-state index contributed by atoms with van der Waals surface area (Å²) in [7, 11) is 1.52. The predicted octanol–water partition coefficient (Wildman–Crippen LogP) is 1.92. The van der Waals surface area contributed by atoms with Crippen molar-refractivity contribution >= 4 is 11.9 Å². The number of alkyl halides is 3. The van der Waals surface area contributed by atoms with E-state index in [4.69, 9.17) is 25.1 Å². The molecule has 0 spiro atoms. The van der Waals surface area contributed by atoms with Gasteiger partial charge in [-0.05, 0) is 24.1 Å². The standard InChI is InChI=1S/C12H15NO3.C2HF3O2/c1-3-4-9-5-6-10(11(7-9)15-2)16-12(14)8-13;3-2(4,5)1(6)7/h3,5-7H,1,4,8,13H2,2H3;(H,6,7). The average Bonchev–Trinajstić information content (AvgIpc) is 2.48. The molecule has 1 rings (SSSR count). The third kappa shape index (κ3) is 7.86. The van der Waals surface area contributed by atoms with Crippen LogP contribution in [0.5, 0.6) is 11.5 Å². The number of carboxylic acids is 1. The van der Waals surface area contributed by atoms with Crippen molar-refractivity contribution in [3.05, 3.63) is 36.4 Å². The summed E-state index contributed by atoms with van der Waals surface area (Å²) in [5, 5.41) is 7.12. The van der Waals surface area contributed by atoms with E-state index in [1.165, 1.54) is 7.11 Å². The highest BCUT2D eigenvalue weighted by molar-refractivity contribution is 5.75. The molecule has 0 aliphatic rings. The van der Waals surface area contributed by atoms with Crippen molar-refractivity contribution in [3.8, 4) is 11.5 Å². The molecular formula is C14H16F3NO5. The van der Waals surface area contributed by atoms with Gasteiger partial charge in [-0.25, -0.2) is 4.79 Å². The zero-order valence-corrected chi connectivity index (χ0v) is 12.2. The van der Waals surface area contributed by atoms with Gasteiger partial charge in [-0.1, -0.05) is 12.1 Å². The molecule has 128 valence electrons. The number of esters is 1. The summed E-state index contributed by atoms with van der Waals surface area (Å²) in [6, 6.07) is 5.34. The number of benzene rings is 1. The van der Waals surface area contributed by atoms with Crippen molar-refractivity contribution in [1.29, 1.82) is 0 Å². The van der Waals surface area contributed by atoms with E-state index in [2.05, 4.69) is 6.58 Å². The monoisotopic (exact) mass is 335 g/mol. The Morgan fingerprint density at radius 3 is 2.30 bits per heavy atom. The van der Waals surface area contributed by atoms with Crippen LogP contribution < -0.4 is 15.2 Å². The highest BCUT2D eigenvalue weighted by Gasteiger charge is 2.38. The molecule has 23 heavy (non-hydrogen) atoms. The van der Waals surface area contributed by atoms with Crippen LogP contribution in [-0.4, -0.2) is 36.9 Å². The molecule has 0 aliphatic carbocycles. The number of hydrogen-bond donors (Lipinski definition) is 2. The second-order valence-electron chi connectivity index (χ2n) is 3.96. The number of hydrogen-bond acceptors (Lipinski definition) is 5. The largest absolute Gasteiger partial charge is 0.493 e. The van der Waals surface area contributed by atoms with Gasteiger partial charge >= 0.3 is 18.1 Å². The van der Waals surface area contributed by atoms with Crippen LogP contribution >= 0.6 is 0 Å². The van der Waals surface area contributed by atoms with Crippen molar-refractivity contribution in [2.24, 2.45) is 5.73 Å². The number of aliphatic carboxylic acids is 1. The summed E-state index contributed by atoms with van der Waals surface area (Å²) in [5.74, 6) is -2.35. The molecule has 0 bridgehead atoms. The molecule has 0 atom stereocenters. The first kappa shape index (κ1) is 20.5. The topological polar surface area (TPSA) is 98.9 Å². The molecule has 0 fully saturated rings. The number of methoxy groups -OCH3 is 1. The minimum Gasteiger partial charge on any atom is -0.493 e. The van der Waals surface area contributed by atoms with E-state index >= 15 is 0 Å². The second-order valence-corrected chi connectivity index (χ2v) is 3.96. The molecule has 9 heteroatoms. The van der Waals surface area contributed by atoms with Gasteiger partial charge in [-0.15, -0.1) is 6.58 Å². The Kier molecular flexibility index (Phi) is 8.41. The predicted molar refractivity (Wildman–Crippen MR) is 75.3 cm³/mol. The molecule has 0 aromatic heterocycles. The number of carbonyl (C=O) groups excluding carboxylic acids is 1. The van der Waals surface area contributed by atoms with Crippen LogP contribution in [0.2, 0.25) is 0 Å². The Morgan fingerprint density at radius 1 is 1.35 bits per heavy atom. The lowest BCUT2D eigenvalue weighted by Gasteiger charge is -2.09. The first-order valence-electron chi connectivity index (χ1n) is 6.14. The van der Waals surface area contributed by atoms with Gasteiger partial charge in [-0.2, -0.15) is 13.2 Å². The quantitative estimate of drug-likeness (QED) is 0.484. The molecule has 0 radical (unpaired) electrons. The van der Waals surface area contributed by atoms with Crippen LogP contribution in [0.3, 0.4) is 0 Å². The summed E-state index contributed by atoms with van der Waals surface area (Å²) in [4.78, 5) is 19.9. The lowest BCUT2D eigenvalue weighted by molar-refractivity contribution is -0.192. The summed E-state index contributed by atoms with van der Waals surface area (Å²) < 4.78 is 41.9. The van der Waals surface area contributed by atoms with Gasteiger partial charge in [0.15, 0.2) is 11.5 Å². The normalized spacial score (nSPS) is 10.1. The van der Waals surface area contributed by atoms with Crippen LogP contribution in [0.1, 0.15) is 5.56 Å². The fraction of sp³-hybridized carbons (Fsp3) is 0.286. The number of rotatable bonds is 5. The maximum Gasteiger partial charge on any atom is 0.490 e. The van der Waals surface area contributed by atoms with Crippen LogP contribution in [0.15, 0.2) is 30.9 Å². The van der Waals surface area contributed by atoms with E-state index in [1.807, 2.05) is 6.07 Å². The number of carboxylic acid groups (broad SMARTS) is 1. The van der Waals surface area contributed by atoms with E-state index < -0.39 is 18.1 Å². The summed E-state index contributed by atoms with van der Waals surface area (Å²) in [6.45, 7) is 3.50. The molecular weight excluding hydrogens is 319 g/mol. The minimum absolute atomic E-state index is 0.155. The van der Waals surface area contributed by atoms with Crippen LogP contribution in [0.25, 0.3) is 0 Å². The van der Waals surface area contributed by atoms with Gasteiger partial charge in [0.2, 0.25) is 0 Å². The van der Waals surface area contributed by atoms with Crippen molar-refractivity contribution in [2.45, 2.75) is 12.6 Å². The highest BCUT2D eigenvalue weighted by Crippen LogP contribution is 2.28. The number of ether oxygens (including phenoxy) is 2. The fourth-order valence-electron chi connectivity index (χ4n) is 1.25. The summed E-state index contributed by atoms with van der Waals surface area (Å²) >= 11 is 0. The Labute approximate surface area is 130 Å². The number of nitrogens with two attached hydrogens (primary N) is 1. The molecule has 0 saturated heterocycles. The van der Waals surface area contributed by atoms with Gasteiger partial charge in [0.1, 0.15) is 0 Å². The molecule has 0 unspecified atom stereocenters. The van der Waals surface area contributed by atoms with Gasteiger partial charge in [0, 0.05) is 0 Å². The zero-order valence-electron chi connectivity index (χ0n) is 12.2. The van der Waals surface area contributed by atoms with Crippen LogP contribution in [-0.2, 0) is 16.0 Å². The number of allylic oxidation sites excluding steroid dienone is 1. The smallest absolute Gasteiger partial charge is 0.490 e. The Hall–Kier alpha value is -2.55. The van der Waals surface area contributed by atoms with Gasteiger partial charge in [-0.3, -0.25) is 4.79 Å². The van der Waals surface area contributed by atoms with E-state index in [0.717, 1.165) is 12.0 Å². The Balaban J connectivity index is 0.000000585. The second kappa shape index (κ2) is 9.46. The number of halogens is 3. The van der Waals surface area contributed by atoms with E-state index in [9.17, 15) is 18.0 Å². The van der Waals surface area contributed by atoms with Crippen molar-refractivity contribution in [1.82, 2.24) is 0 Å². The van der Waals surface area contributed by atoms with E-state index in [1.54, 1.807) is 18.2 Å². The van der Waals surface area contributed by atoms with Crippen LogP contribution in [0, 0.1) is 0 Å². The summed E-state index contributed by atoms with van der Waals surface area (Å²) in [6.07, 6.45) is -2.55. The van der Waals surface area contributed by atoms with Crippen molar-refractivity contribution in [3.63, 3.8) is 0 Å². The third-order valence-electron chi connectivity index (χ3n) is 2.24. The molecule has 1 aromatic rings. The molecule has 1 aromatic carbocycles. The van der Waals surface area contributed by atoms with Gasteiger partial charge < -0.3 is 20.3 Å². The lowest BCUT2D eigenvalue weighted by Crippen LogP contribution is -2.21. The zero-order chi connectivity index (χ0) is 18.0. The fourth-order valence-corrected chi connectivity index (χ4v) is 1.25. The first-order valence-corrected chi connectivity index (χ1v) is 6.14. The van der Waals surface area contributed by atoms with Crippen molar-refractivity contribution < 1.29 is 37.3 Å². The maximum absolute atomic E-state index is 11.0. The molecule has 6 nitrogen and oxygen atoms in total. The number of carbonyl (C=O) groups is 2. The van der Waals surface area contributed by atoms with Gasteiger partial charge in [0.05, 0.1) is 13.7 Å².